The van der Waals surface area contributed by atoms with Crippen LogP contribution in [0.4, 0.5) is 5.69 Å². The highest BCUT2D eigenvalue weighted by molar-refractivity contribution is 6.09. The minimum atomic E-state index is -0.269. The van der Waals surface area contributed by atoms with Gasteiger partial charge in [-0.25, -0.2) is 0 Å². The Bertz CT molecular complexity index is 988. The number of carbonyl (C=O) groups excluding carboxylic acids is 2. The first-order chi connectivity index (χ1) is 12.1. The number of aromatic amines is 1. The number of pyridine rings is 1. The fourth-order valence-electron chi connectivity index (χ4n) is 2.79. The fourth-order valence-corrected chi connectivity index (χ4v) is 2.79. The maximum Gasteiger partial charge on any atom is 0.254 e. The van der Waals surface area contributed by atoms with E-state index in [1.54, 1.807) is 19.4 Å². The van der Waals surface area contributed by atoms with Gasteiger partial charge in [0.1, 0.15) is 0 Å². The summed E-state index contributed by atoms with van der Waals surface area (Å²) < 4.78 is 0. The molecule has 0 radical (unpaired) electrons. The van der Waals surface area contributed by atoms with E-state index in [2.05, 4.69) is 27.2 Å². The smallest absolute Gasteiger partial charge is 0.254 e. The molecule has 1 aromatic carbocycles. The van der Waals surface area contributed by atoms with Gasteiger partial charge >= 0.3 is 0 Å². The third-order valence-corrected chi connectivity index (χ3v) is 4.10. The van der Waals surface area contributed by atoms with Gasteiger partial charge in [0.15, 0.2) is 0 Å². The normalized spacial score (nSPS) is 10.5. The molecule has 3 N–H and O–H groups in total. The number of rotatable bonds is 4. The highest BCUT2D eigenvalue weighted by atomic mass is 16.2. The summed E-state index contributed by atoms with van der Waals surface area (Å²) in [6, 6.07) is 7.51. The molecule has 0 bridgehead atoms. The van der Waals surface area contributed by atoms with Crippen molar-refractivity contribution in [1.29, 1.82) is 0 Å². The number of nitrogens with zero attached hydrogens (tertiary/aromatic N) is 1. The first-order valence-electron chi connectivity index (χ1n) is 7.78. The molecule has 2 heterocycles. The lowest BCUT2D eigenvalue weighted by molar-refractivity contribution is -0.111. The Kier molecular flexibility index (Phi) is 4.35. The van der Waals surface area contributed by atoms with Crippen LogP contribution in [-0.4, -0.2) is 28.8 Å². The van der Waals surface area contributed by atoms with Crippen LogP contribution in [0.5, 0.6) is 0 Å². The summed E-state index contributed by atoms with van der Waals surface area (Å²) in [4.78, 5) is 31.2. The lowest BCUT2D eigenvalue weighted by Crippen LogP contribution is -2.18. The molecular weight excluding hydrogens is 316 g/mol. The van der Waals surface area contributed by atoms with Crippen LogP contribution in [0.1, 0.15) is 15.9 Å². The van der Waals surface area contributed by atoms with Crippen LogP contribution < -0.4 is 10.6 Å². The molecule has 3 aromatic rings. The number of benzene rings is 1. The quantitative estimate of drug-likeness (QED) is 0.641. The Morgan fingerprint density at radius 3 is 2.80 bits per heavy atom. The van der Waals surface area contributed by atoms with E-state index >= 15 is 0 Å². The van der Waals surface area contributed by atoms with Crippen molar-refractivity contribution in [2.75, 3.05) is 12.4 Å². The molecule has 0 aliphatic heterocycles. The van der Waals surface area contributed by atoms with Crippen LogP contribution in [0.2, 0.25) is 0 Å². The largest absolute Gasteiger partial charge is 0.360 e. The number of H-pyrrole nitrogens is 1. The first kappa shape index (κ1) is 16.4. The van der Waals surface area contributed by atoms with Gasteiger partial charge in [0.25, 0.3) is 5.91 Å². The van der Waals surface area contributed by atoms with E-state index in [1.165, 1.54) is 6.08 Å². The molecule has 0 aliphatic rings. The second-order valence-electron chi connectivity index (χ2n) is 5.54. The van der Waals surface area contributed by atoms with Gasteiger partial charge in [-0.2, -0.15) is 0 Å². The van der Waals surface area contributed by atoms with Gasteiger partial charge < -0.3 is 15.6 Å². The highest BCUT2D eigenvalue weighted by Crippen LogP contribution is 2.33. The number of nitrogens with one attached hydrogen (secondary N) is 3. The van der Waals surface area contributed by atoms with Crippen LogP contribution >= 0.6 is 0 Å². The Morgan fingerprint density at radius 2 is 2.08 bits per heavy atom. The van der Waals surface area contributed by atoms with Crippen molar-refractivity contribution in [2.45, 2.75) is 6.92 Å². The first-order valence-corrected chi connectivity index (χ1v) is 7.78. The molecule has 2 amide bonds. The van der Waals surface area contributed by atoms with Crippen LogP contribution in [0.25, 0.3) is 22.2 Å². The van der Waals surface area contributed by atoms with Crippen molar-refractivity contribution >= 4 is 28.4 Å². The molecule has 0 aliphatic carbocycles. The van der Waals surface area contributed by atoms with E-state index in [-0.39, 0.29) is 11.8 Å². The van der Waals surface area contributed by atoms with Crippen LogP contribution in [0.15, 0.2) is 49.3 Å². The molecule has 3 rings (SSSR count). The van der Waals surface area contributed by atoms with Gasteiger partial charge in [0.2, 0.25) is 5.91 Å². The van der Waals surface area contributed by atoms with E-state index in [0.29, 0.717) is 11.3 Å². The SMILES string of the molecule is C=CC(=O)Nc1cccc(-c2ncc(C(=O)NC)c3[nH]ccc23)c1C. The van der Waals surface area contributed by atoms with Crippen molar-refractivity contribution in [3.63, 3.8) is 0 Å². The van der Waals surface area contributed by atoms with Gasteiger partial charge in [-0.3, -0.25) is 14.6 Å². The van der Waals surface area contributed by atoms with Gasteiger partial charge in [-0.15, -0.1) is 0 Å². The van der Waals surface area contributed by atoms with Crippen LogP contribution in [0.3, 0.4) is 0 Å². The van der Waals surface area contributed by atoms with E-state index in [1.807, 2.05) is 31.2 Å². The zero-order valence-electron chi connectivity index (χ0n) is 14.0. The lowest BCUT2D eigenvalue weighted by atomic mass is 10.00. The lowest BCUT2D eigenvalue weighted by Gasteiger charge is -2.13. The molecule has 0 unspecified atom stereocenters. The Hall–Kier alpha value is -3.41. The molecular formula is C19H18N4O2. The van der Waals surface area contributed by atoms with Crippen LogP contribution in [-0.2, 0) is 4.79 Å². The van der Waals surface area contributed by atoms with E-state index in [9.17, 15) is 9.59 Å². The Labute approximate surface area is 145 Å². The van der Waals surface area contributed by atoms with Crippen molar-refractivity contribution in [3.05, 3.63) is 60.4 Å². The summed E-state index contributed by atoms with van der Waals surface area (Å²) in [5.74, 6) is -0.467. The molecule has 2 aromatic heterocycles. The van der Waals surface area contributed by atoms with E-state index in [4.69, 9.17) is 0 Å². The number of amides is 2. The van der Waals surface area contributed by atoms with Gasteiger partial charge in [-0.1, -0.05) is 18.7 Å². The summed E-state index contributed by atoms with van der Waals surface area (Å²) in [5, 5.41) is 6.25. The molecule has 0 spiro atoms. The molecule has 6 heteroatoms. The third kappa shape index (κ3) is 2.89. The molecule has 126 valence electrons. The number of aromatic nitrogens is 2. The second-order valence-corrected chi connectivity index (χ2v) is 5.54. The number of fused-ring (bicyclic) bond motifs is 1. The summed E-state index contributed by atoms with van der Waals surface area (Å²) in [6.45, 7) is 5.39. The zero-order chi connectivity index (χ0) is 18.0. The zero-order valence-corrected chi connectivity index (χ0v) is 14.0. The highest BCUT2D eigenvalue weighted by Gasteiger charge is 2.17. The van der Waals surface area contributed by atoms with E-state index in [0.717, 1.165) is 27.7 Å². The van der Waals surface area contributed by atoms with E-state index < -0.39 is 0 Å². The predicted octanol–water partition coefficient (Wildman–Crippen LogP) is 3.02. The maximum absolute atomic E-state index is 12.0. The number of anilines is 1. The number of hydrogen-bond acceptors (Lipinski definition) is 3. The average molecular weight is 334 g/mol. The Balaban J connectivity index is 2.16. The molecule has 0 atom stereocenters. The predicted molar refractivity (Wildman–Crippen MR) is 98.5 cm³/mol. The van der Waals surface area contributed by atoms with Crippen molar-refractivity contribution in [1.82, 2.24) is 15.3 Å². The molecule has 0 saturated carbocycles. The molecule has 0 fully saturated rings. The number of hydrogen-bond donors (Lipinski definition) is 3. The van der Waals surface area contributed by atoms with Crippen molar-refractivity contribution < 1.29 is 9.59 Å². The topological polar surface area (TPSA) is 86.9 Å². The monoisotopic (exact) mass is 334 g/mol. The maximum atomic E-state index is 12.0. The minimum absolute atomic E-state index is 0.199. The average Bonchev–Trinajstić information content (AvgIpc) is 3.12. The van der Waals surface area contributed by atoms with Crippen molar-refractivity contribution in [3.8, 4) is 11.3 Å². The van der Waals surface area contributed by atoms with Crippen LogP contribution in [0, 0.1) is 6.92 Å². The molecule has 6 nitrogen and oxygen atoms in total. The second kappa shape index (κ2) is 6.60. The summed E-state index contributed by atoms with van der Waals surface area (Å²) in [7, 11) is 1.58. The van der Waals surface area contributed by atoms with Crippen molar-refractivity contribution in [2.24, 2.45) is 0 Å². The van der Waals surface area contributed by atoms with Gasteiger partial charge in [0.05, 0.1) is 16.8 Å². The fraction of sp³-hybridized carbons (Fsp3) is 0.105. The summed E-state index contributed by atoms with van der Waals surface area (Å²) >= 11 is 0. The van der Waals surface area contributed by atoms with Gasteiger partial charge in [0, 0.05) is 36.1 Å². The van der Waals surface area contributed by atoms with Gasteiger partial charge in [-0.05, 0) is 30.7 Å². The summed E-state index contributed by atoms with van der Waals surface area (Å²) in [6.07, 6.45) is 4.56. The summed E-state index contributed by atoms with van der Waals surface area (Å²) in [5.41, 5.74) is 4.43. The Morgan fingerprint density at radius 1 is 1.28 bits per heavy atom. The number of carbonyl (C=O) groups is 2. The molecule has 25 heavy (non-hydrogen) atoms. The minimum Gasteiger partial charge on any atom is -0.360 e. The third-order valence-electron chi connectivity index (χ3n) is 4.10. The standard InChI is InChI=1S/C19H18N4O2/c1-4-16(24)23-15-7-5-6-12(11(15)2)17-13-8-9-21-18(13)14(10-22-17)19(25)20-3/h4-10,21H,1H2,2-3H3,(H,20,25)(H,23,24). The molecule has 0 saturated heterocycles.